The summed E-state index contributed by atoms with van der Waals surface area (Å²) in [6.45, 7) is 4.27. The van der Waals surface area contributed by atoms with Crippen molar-refractivity contribution >= 4 is 23.1 Å². The summed E-state index contributed by atoms with van der Waals surface area (Å²) in [5.41, 5.74) is 3.14. The molecule has 1 aliphatic heterocycles. The molecule has 0 N–H and O–H groups in total. The minimum absolute atomic E-state index is 0.00535. The average Bonchev–Trinajstić information content (AvgIpc) is 2.76. The number of likely N-dealkylation sites (N-methyl/N-ethyl adjacent to an activating group) is 1. The van der Waals surface area contributed by atoms with Crippen molar-refractivity contribution in [1.29, 1.82) is 0 Å². The second-order valence-electron chi connectivity index (χ2n) is 6.44. The van der Waals surface area contributed by atoms with E-state index in [1.165, 1.54) is 5.56 Å². The number of halogens is 1. The molecule has 0 aliphatic carbocycles. The fourth-order valence-electron chi connectivity index (χ4n) is 3.14. The number of carbonyl (C=O) groups is 1. The van der Waals surface area contributed by atoms with E-state index < -0.39 is 0 Å². The van der Waals surface area contributed by atoms with Crippen LogP contribution in [0.5, 0.6) is 5.75 Å². The molecule has 3 nitrogen and oxygen atoms in total. The van der Waals surface area contributed by atoms with Crippen molar-refractivity contribution in [1.82, 2.24) is 0 Å². The van der Waals surface area contributed by atoms with Crippen LogP contribution in [0.2, 0.25) is 5.02 Å². The second kappa shape index (κ2) is 6.33. The number of anilines is 1. The Hall–Kier alpha value is -2.26. The van der Waals surface area contributed by atoms with Crippen molar-refractivity contribution < 1.29 is 9.53 Å². The molecule has 0 unspecified atom stereocenters. The predicted octanol–water partition coefficient (Wildman–Crippen LogP) is 4.60. The minimum Gasteiger partial charge on any atom is -0.485 e. The molecule has 0 fully saturated rings. The van der Waals surface area contributed by atoms with E-state index in [9.17, 15) is 4.79 Å². The van der Waals surface area contributed by atoms with Gasteiger partial charge in [-0.1, -0.05) is 43.6 Å². The van der Waals surface area contributed by atoms with Crippen LogP contribution in [-0.2, 0) is 10.2 Å². The number of allylic oxidation sites excluding steroid dienone is 1. The molecule has 1 aliphatic rings. The molecule has 2 aromatic carbocycles. The van der Waals surface area contributed by atoms with Crippen molar-refractivity contribution in [2.45, 2.75) is 19.3 Å². The van der Waals surface area contributed by atoms with Crippen molar-refractivity contribution in [2.75, 3.05) is 18.6 Å². The third kappa shape index (κ3) is 3.04. The highest BCUT2D eigenvalue weighted by Gasteiger charge is 2.38. The molecule has 0 saturated heterocycles. The maximum Gasteiger partial charge on any atom is 0.194 e. The standard InChI is InChI=1S/C20H20ClNO2/c1-20(2)17-6-4-5-7-18(17)22(3)19(20)12-15(23)13-24-16-10-8-14(21)9-11-16/h4-12H,13H2,1-3H3/b19-12+. The van der Waals surface area contributed by atoms with E-state index in [0.29, 0.717) is 10.8 Å². The van der Waals surface area contributed by atoms with Crippen LogP contribution in [-0.4, -0.2) is 19.4 Å². The van der Waals surface area contributed by atoms with Gasteiger partial charge in [-0.05, 0) is 35.9 Å². The average molecular weight is 342 g/mol. The molecule has 0 amide bonds. The highest BCUT2D eigenvalue weighted by Crippen LogP contribution is 2.46. The first-order valence-corrected chi connectivity index (χ1v) is 8.24. The summed E-state index contributed by atoms with van der Waals surface area (Å²) in [5.74, 6) is 0.571. The van der Waals surface area contributed by atoms with Crippen LogP contribution in [0.4, 0.5) is 5.69 Å². The van der Waals surface area contributed by atoms with Crippen molar-refractivity contribution in [2.24, 2.45) is 0 Å². The first-order chi connectivity index (χ1) is 11.4. The lowest BCUT2D eigenvalue weighted by atomic mass is 9.83. The third-order valence-electron chi connectivity index (χ3n) is 4.43. The highest BCUT2D eigenvalue weighted by molar-refractivity contribution is 6.30. The SMILES string of the molecule is CN1/C(=C/C(=O)COc2ccc(Cl)cc2)C(C)(C)c2ccccc21. The maximum absolute atomic E-state index is 12.4. The summed E-state index contributed by atoms with van der Waals surface area (Å²) in [7, 11) is 1.99. The number of fused-ring (bicyclic) bond motifs is 1. The Morgan fingerprint density at radius 1 is 1.17 bits per heavy atom. The molecule has 24 heavy (non-hydrogen) atoms. The monoisotopic (exact) mass is 341 g/mol. The first-order valence-electron chi connectivity index (χ1n) is 7.86. The second-order valence-corrected chi connectivity index (χ2v) is 6.88. The van der Waals surface area contributed by atoms with Gasteiger partial charge in [0.15, 0.2) is 12.4 Å². The van der Waals surface area contributed by atoms with E-state index in [-0.39, 0.29) is 17.8 Å². The zero-order valence-corrected chi connectivity index (χ0v) is 14.8. The first kappa shape index (κ1) is 16.6. The van der Waals surface area contributed by atoms with Crippen LogP contribution in [0.3, 0.4) is 0 Å². The number of hydrogen-bond donors (Lipinski definition) is 0. The van der Waals surface area contributed by atoms with E-state index in [4.69, 9.17) is 16.3 Å². The number of carbonyl (C=O) groups excluding carboxylic acids is 1. The van der Waals surface area contributed by atoms with Crippen LogP contribution in [0.15, 0.2) is 60.3 Å². The molecule has 0 radical (unpaired) electrons. The molecule has 0 saturated carbocycles. The maximum atomic E-state index is 12.4. The van der Waals surface area contributed by atoms with Gasteiger partial charge in [-0.25, -0.2) is 0 Å². The van der Waals surface area contributed by atoms with Gasteiger partial charge in [0.1, 0.15) is 5.75 Å². The topological polar surface area (TPSA) is 29.5 Å². The van der Waals surface area contributed by atoms with E-state index in [1.807, 2.05) is 19.2 Å². The normalized spacial score (nSPS) is 17.0. The molecule has 0 spiro atoms. The fourth-order valence-corrected chi connectivity index (χ4v) is 3.26. The number of para-hydroxylation sites is 1. The van der Waals surface area contributed by atoms with Crippen LogP contribution in [0.1, 0.15) is 19.4 Å². The van der Waals surface area contributed by atoms with Crippen LogP contribution >= 0.6 is 11.6 Å². The number of benzene rings is 2. The summed E-state index contributed by atoms with van der Waals surface area (Å²) in [4.78, 5) is 14.4. The summed E-state index contributed by atoms with van der Waals surface area (Å²) in [5, 5.41) is 0.642. The van der Waals surface area contributed by atoms with E-state index in [0.717, 1.165) is 11.4 Å². The lowest BCUT2D eigenvalue weighted by molar-refractivity contribution is -0.116. The van der Waals surface area contributed by atoms with Crippen molar-refractivity contribution in [3.05, 3.63) is 70.9 Å². The number of hydrogen-bond acceptors (Lipinski definition) is 3. The molecular weight excluding hydrogens is 322 g/mol. The van der Waals surface area contributed by atoms with Crippen LogP contribution in [0.25, 0.3) is 0 Å². The Balaban J connectivity index is 1.76. The quantitative estimate of drug-likeness (QED) is 0.761. The van der Waals surface area contributed by atoms with Gasteiger partial charge in [0, 0.05) is 34.9 Å². The summed E-state index contributed by atoms with van der Waals surface area (Å²) < 4.78 is 5.54. The van der Waals surface area contributed by atoms with Gasteiger partial charge >= 0.3 is 0 Å². The van der Waals surface area contributed by atoms with Gasteiger partial charge in [0.25, 0.3) is 0 Å². The summed E-state index contributed by atoms with van der Waals surface area (Å²) in [6.07, 6.45) is 1.69. The summed E-state index contributed by atoms with van der Waals surface area (Å²) >= 11 is 5.84. The molecule has 0 aromatic heterocycles. The van der Waals surface area contributed by atoms with Crippen LogP contribution < -0.4 is 9.64 Å². The Labute approximate surface area is 147 Å². The molecule has 0 atom stereocenters. The Kier molecular flexibility index (Phi) is 4.37. The Morgan fingerprint density at radius 3 is 2.50 bits per heavy atom. The third-order valence-corrected chi connectivity index (χ3v) is 4.68. The number of ketones is 1. The zero-order chi connectivity index (χ0) is 17.3. The molecule has 0 bridgehead atoms. The summed E-state index contributed by atoms with van der Waals surface area (Å²) in [6, 6.07) is 15.2. The van der Waals surface area contributed by atoms with E-state index >= 15 is 0 Å². The number of ether oxygens (including phenoxy) is 1. The Morgan fingerprint density at radius 2 is 1.83 bits per heavy atom. The van der Waals surface area contributed by atoms with Gasteiger partial charge in [-0.2, -0.15) is 0 Å². The highest BCUT2D eigenvalue weighted by atomic mass is 35.5. The molecule has 3 rings (SSSR count). The predicted molar refractivity (Wildman–Crippen MR) is 97.9 cm³/mol. The molecule has 2 aromatic rings. The van der Waals surface area contributed by atoms with Gasteiger partial charge in [-0.15, -0.1) is 0 Å². The van der Waals surface area contributed by atoms with Gasteiger partial charge in [0.05, 0.1) is 0 Å². The molecule has 124 valence electrons. The molecular formula is C20H20ClNO2. The number of rotatable bonds is 4. The lowest BCUT2D eigenvalue weighted by Gasteiger charge is -2.23. The van der Waals surface area contributed by atoms with E-state index in [1.54, 1.807) is 30.3 Å². The fraction of sp³-hybridized carbons (Fsp3) is 0.250. The van der Waals surface area contributed by atoms with Crippen molar-refractivity contribution in [3.8, 4) is 5.75 Å². The lowest BCUT2D eigenvalue weighted by Crippen LogP contribution is -2.25. The Bertz CT molecular complexity index is 794. The zero-order valence-electron chi connectivity index (χ0n) is 14.0. The smallest absolute Gasteiger partial charge is 0.194 e. The molecule has 4 heteroatoms. The minimum atomic E-state index is -0.207. The molecule has 1 heterocycles. The van der Waals surface area contributed by atoms with Crippen LogP contribution in [0, 0.1) is 0 Å². The number of nitrogens with zero attached hydrogens (tertiary/aromatic N) is 1. The van der Waals surface area contributed by atoms with Crippen molar-refractivity contribution in [3.63, 3.8) is 0 Å². The van der Waals surface area contributed by atoms with Gasteiger partial charge < -0.3 is 9.64 Å². The van der Waals surface area contributed by atoms with E-state index in [2.05, 4.69) is 30.9 Å². The largest absolute Gasteiger partial charge is 0.485 e. The van der Waals surface area contributed by atoms with Gasteiger partial charge in [0.2, 0.25) is 0 Å². The van der Waals surface area contributed by atoms with Gasteiger partial charge in [-0.3, -0.25) is 4.79 Å².